The lowest BCUT2D eigenvalue weighted by molar-refractivity contribution is 0.585. The summed E-state index contributed by atoms with van der Waals surface area (Å²) >= 11 is 12.4. The molecule has 0 aliphatic heterocycles. The van der Waals surface area contributed by atoms with Gasteiger partial charge < -0.3 is 0 Å². The molecule has 0 fully saturated rings. The molecule has 1 aromatic heterocycles. The van der Waals surface area contributed by atoms with Gasteiger partial charge in [-0.2, -0.15) is 5.10 Å². The van der Waals surface area contributed by atoms with Gasteiger partial charge in [0, 0.05) is 17.4 Å². The molecule has 0 saturated carbocycles. The van der Waals surface area contributed by atoms with Crippen molar-refractivity contribution in [2.24, 2.45) is 0 Å². The van der Waals surface area contributed by atoms with Gasteiger partial charge in [0.1, 0.15) is 5.01 Å². The highest BCUT2D eigenvalue weighted by atomic mass is 35.5. The van der Waals surface area contributed by atoms with Crippen LogP contribution in [0.15, 0.2) is 54.6 Å². The van der Waals surface area contributed by atoms with Crippen molar-refractivity contribution in [2.45, 2.75) is 18.1 Å². The standard InChI is InChI=1S/C18H17ClN2O2S3/c19-16-8-6-14(7-9-16)15(10-17-20-21-18(24)25-17)12-26(22,23)11-13-4-2-1-3-5-13/h1-9,15H,10-12H2,(H,21,24). The van der Waals surface area contributed by atoms with Crippen molar-refractivity contribution in [3.05, 3.63) is 79.7 Å². The maximum Gasteiger partial charge on any atom is 0.176 e. The summed E-state index contributed by atoms with van der Waals surface area (Å²) in [7, 11) is -3.30. The van der Waals surface area contributed by atoms with Gasteiger partial charge in [-0.15, -0.1) is 0 Å². The molecule has 0 aliphatic rings. The fourth-order valence-electron chi connectivity index (χ4n) is 2.76. The molecule has 1 unspecified atom stereocenters. The van der Waals surface area contributed by atoms with Crippen LogP contribution in [0.1, 0.15) is 22.1 Å². The first-order chi connectivity index (χ1) is 12.4. The van der Waals surface area contributed by atoms with Crippen LogP contribution in [0.5, 0.6) is 0 Å². The van der Waals surface area contributed by atoms with Crippen LogP contribution in [-0.2, 0) is 22.0 Å². The number of sulfone groups is 1. The van der Waals surface area contributed by atoms with Crippen LogP contribution in [0, 0.1) is 3.95 Å². The SMILES string of the molecule is O=S(=O)(Cc1ccccc1)CC(Cc1n[nH]c(=S)s1)c1ccc(Cl)cc1. The zero-order valence-corrected chi connectivity index (χ0v) is 17.0. The van der Waals surface area contributed by atoms with Gasteiger partial charge in [0.2, 0.25) is 0 Å². The van der Waals surface area contributed by atoms with Gasteiger partial charge in [0.25, 0.3) is 0 Å². The third kappa shape index (κ3) is 5.48. The minimum atomic E-state index is -3.30. The Morgan fingerprint density at radius 3 is 2.42 bits per heavy atom. The fourth-order valence-corrected chi connectivity index (χ4v) is 5.64. The molecule has 0 amide bonds. The minimum absolute atomic E-state index is 0.0220. The van der Waals surface area contributed by atoms with E-state index in [9.17, 15) is 8.42 Å². The van der Waals surface area contributed by atoms with Gasteiger partial charge >= 0.3 is 0 Å². The first-order valence-corrected chi connectivity index (χ1v) is 11.4. The average molecular weight is 425 g/mol. The fraction of sp³-hybridized carbons (Fsp3) is 0.222. The Morgan fingerprint density at radius 2 is 1.81 bits per heavy atom. The molecule has 0 bridgehead atoms. The molecule has 0 aliphatic carbocycles. The maximum absolute atomic E-state index is 12.8. The molecule has 1 N–H and O–H groups in total. The van der Waals surface area contributed by atoms with E-state index in [1.165, 1.54) is 11.3 Å². The largest absolute Gasteiger partial charge is 0.258 e. The van der Waals surface area contributed by atoms with Crippen molar-refractivity contribution in [1.29, 1.82) is 0 Å². The summed E-state index contributed by atoms with van der Waals surface area (Å²) < 4.78 is 26.1. The zero-order valence-electron chi connectivity index (χ0n) is 13.8. The normalized spacial score (nSPS) is 12.8. The summed E-state index contributed by atoms with van der Waals surface area (Å²) in [6.07, 6.45) is 0.507. The summed E-state index contributed by atoms with van der Waals surface area (Å²) in [5.41, 5.74) is 1.71. The molecule has 8 heteroatoms. The Hall–Kier alpha value is -1.54. The van der Waals surface area contributed by atoms with Crippen LogP contribution in [-0.4, -0.2) is 24.4 Å². The van der Waals surface area contributed by atoms with E-state index in [-0.39, 0.29) is 17.4 Å². The molecule has 0 saturated heterocycles. The lowest BCUT2D eigenvalue weighted by Crippen LogP contribution is -2.18. The highest BCUT2D eigenvalue weighted by Crippen LogP contribution is 2.26. The third-order valence-electron chi connectivity index (χ3n) is 3.93. The van der Waals surface area contributed by atoms with E-state index in [4.69, 9.17) is 23.8 Å². The number of benzene rings is 2. The highest BCUT2D eigenvalue weighted by molar-refractivity contribution is 7.90. The van der Waals surface area contributed by atoms with Crippen LogP contribution >= 0.6 is 35.2 Å². The Balaban J connectivity index is 1.84. The van der Waals surface area contributed by atoms with Gasteiger partial charge in [0.15, 0.2) is 13.8 Å². The molecule has 136 valence electrons. The zero-order chi connectivity index (χ0) is 18.6. The lowest BCUT2D eigenvalue weighted by Gasteiger charge is -2.16. The van der Waals surface area contributed by atoms with Crippen LogP contribution < -0.4 is 0 Å². The molecule has 3 rings (SSSR count). The summed E-state index contributed by atoms with van der Waals surface area (Å²) in [5.74, 6) is -0.153. The number of halogens is 1. The third-order valence-corrected chi connectivity index (χ3v) is 6.98. The minimum Gasteiger partial charge on any atom is -0.258 e. The number of hydrogen-bond donors (Lipinski definition) is 1. The van der Waals surface area contributed by atoms with E-state index >= 15 is 0 Å². The van der Waals surface area contributed by atoms with Crippen LogP contribution in [0.4, 0.5) is 0 Å². The van der Waals surface area contributed by atoms with Gasteiger partial charge in [-0.05, 0) is 35.5 Å². The quantitative estimate of drug-likeness (QED) is 0.553. The van der Waals surface area contributed by atoms with Crippen molar-refractivity contribution in [1.82, 2.24) is 10.2 Å². The van der Waals surface area contributed by atoms with E-state index < -0.39 is 9.84 Å². The van der Waals surface area contributed by atoms with Crippen LogP contribution in [0.3, 0.4) is 0 Å². The molecule has 2 aromatic carbocycles. The van der Waals surface area contributed by atoms with E-state index in [0.717, 1.165) is 16.1 Å². The average Bonchev–Trinajstić information content (AvgIpc) is 3.00. The first-order valence-electron chi connectivity index (χ1n) is 7.95. The number of rotatable bonds is 7. The smallest absolute Gasteiger partial charge is 0.176 e. The second-order valence-corrected chi connectivity index (χ2v) is 10.3. The second-order valence-electron chi connectivity index (χ2n) is 6.00. The number of hydrogen-bond acceptors (Lipinski definition) is 5. The summed E-state index contributed by atoms with van der Waals surface area (Å²) in [5, 5.41) is 8.35. The Bertz CT molecular complexity index is 1010. The van der Waals surface area contributed by atoms with Crippen molar-refractivity contribution < 1.29 is 8.42 Å². The van der Waals surface area contributed by atoms with Crippen molar-refractivity contribution in [3.63, 3.8) is 0 Å². The highest BCUT2D eigenvalue weighted by Gasteiger charge is 2.23. The summed E-state index contributed by atoms with van der Waals surface area (Å²) in [4.78, 5) is 0. The molecule has 26 heavy (non-hydrogen) atoms. The molecular formula is C18H17ClN2O2S3. The number of aromatic amines is 1. The number of nitrogens with zero attached hydrogens (tertiary/aromatic N) is 1. The predicted octanol–water partition coefficient (Wildman–Crippen LogP) is 4.80. The second kappa shape index (κ2) is 8.43. The topological polar surface area (TPSA) is 62.8 Å². The van der Waals surface area contributed by atoms with Crippen molar-refractivity contribution in [3.8, 4) is 0 Å². The number of aromatic nitrogens is 2. The molecule has 4 nitrogen and oxygen atoms in total. The lowest BCUT2D eigenvalue weighted by atomic mass is 9.98. The summed E-state index contributed by atoms with van der Waals surface area (Å²) in [6, 6.07) is 16.5. The van der Waals surface area contributed by atoms with Gasteiger partial charge in [-0.25, -0.2) is 8.42 Å². The molecule has 0 spiro atoms. The maximum atomic E-state index is 12.8. The number of H-pyrrole nitrogens is 1. The van der Waals surface area contributed by atoms with E-state index in [2.05, 4.69) is 10.2 Å². The monoisotopic (exact) mass is 424 g/mol. The van der Waals surface area contributed by atoms with E-state index in [1.54, 1.807) is 12.1 Å². The van der Waals surface area contributed by atoms with E-state index in [0.29, 0.717) is 15.4 Å². The van der Waals surface area contributed by atoms with Gasteiger partial charge in [-0.1, -0.05) is 65.4 Å². The molecular weight excluding hydrogens is 408 g/mol. The summed E-state index contributed by atoms with van der Waals surface area (Å²) in [6.45, 7) is 0. The van der Waals surface area contributed by atoms with Crippen molar-refractivity contribution in [2.75, 3.05) is 5.75 Å². The van der Waals surface area contributed by atoms with Crippen LogP contribution in [0.2, 0.25) is 5.02 Å². The Labute approximate surface area is 166 Å². The molecule has 0 radical (unpaired) electrons. The molecule has 3 aromatic rings. The van der Waals surface area contributed by atoms with Crippen LogP contribution in [0.25, 0.3) is 0 Å². The number of nitrogens with one attached hydrogen (secondary N) is 1. The van der Waals surface area contributed by atoms with Crippen molar-refractivity contribution >= 4 is 45.0 Å². The predicted molar refractivity (Wildman–Crippen MR) is 109 cm³/mol. The Kier molecular flexibility index (Phi) is 6.24. The van der Waals surface area contributed by atoms with Gasteiger partial charge in [0.05, 0.1) is 11.5 Å². The van der Waals surface area contributed by atoms with Gasteiger partial charge in [-0.3, -0.25) is 5.10 Å². The molecule has 1 heterocycles. The van der Waals surface area contributed by atoms with E-state index in [1.807, 2.05) is 42.5 Å². The molecule has 1 atom stereocenters. The Morgan fingerprint density at radius 1 is 1.12 bits per heavy atom. The first kappa shape index (κ1) is 19.2.